The molecule has 20 heavy (non-hydrogen) atoms. The molecule has 0 aliphatic carbocycles. The van der Waals surface area contributed by atoms with Gasteiger partial charge < -0.3 is 4.74 Å². The van der Waals surface area contributed by atoms with Crippen LogP contribution in [0, 0.1) is 0 Å². The highest BCUT2D eigenvalue weighted by Gasteiger charge is 2.17. The Morgan fingerprint density at radius 1 is 1.40 bits per heavy atom. The highest BCUT2D eigenvalue weighted by atomic mass is 79.9. The number of halogens is 1. The highest BCUT2D eigenvalue weighted by molar-refractivity contribution is 9.10. The molecule has 0 saturated carbocycles. The van der Waals surface area contributed by atoms with Crippen LogP contribution in [0.1, 0.15) is 32.8 Å². The summed E-state index contributed by atoms with van der Waals surface area (Å²) in [7, 11) is 0. The Labute approximate surface area is 127 Å². The molecular weight excluding hydrogens is 320 g/mol. The summed E-state index contributed by atoms with van der Waals surface area (Å²) in [6.07, 6.45) is 4.04. The Morgan fingerprint density at radius 3 is 2.85 bits per heavy atom. The minimum Gasteiger partial charge on any atom is -0.444 e. The number of aliphatic imine (C=N–C) groups is 1. The zero-order valence-corrected chi connectivity index (χ0v) is 13.3. The van der Waals surface area contributed by atoms with Gasteiger partial charge in [-0.2, -0.15) is 0 Å². The highest BCUT2D eigenvalue weighted by Crippen LogP contribution is 2.27. The zero-order chi connectivity index (χ0) is 14.8. The maximum atomic E-state index is 11.8. The molecule has 1 aliphatic heterocycles. The number of alkyl carbamates (subject to hydrolysis) is 1. The van der Waals surface area contributed by atoms with E-state index < -0.39 is 11.7 Å². The average Bonchev–Trinajstić information content (AvgIpc) is 2.47. The van der Waals surface area contributed by atoms with Crippen LogP contribution in [0.25, 0.3) is 6.08 Å². The third kappa shape index (κ3) is 4.20. The average molecular weight is 337 g/mol. The Bertz CT molecular complexity index is 586. The normalized spacial score (nSPS) is 14.1. The van der Waals surface area contributed by atoms with E-state index in [0.717, 1.165) is 15.7 Å². The Hall–Kier alpha value is -1.62. The number of benzene rings is 1. The first-order valence-corrected chi connectivity index (χ1v) is 7.16. The van der Waals surface area contributed by atoms with Crippen molar-refractivity contribution in [2.75, 3.05) is 0 Å². The van der Waals surface area contributed by atoms with Gasteiger partial charge in [0.25, 0.3) is 0 Å². The number of carbonyl (C=O) groups is 1. The van der Waals surface area contributed by atoms with Crippen LogP contribution in [0.15, 0.2) is 33.7 Å². The molecule has 0 atom stereocenters. The molecule has 1 N–H and O–H groups in total. The third-order valence-electron chi connectivity index (χ3n) is 2.50. The number of fused-ring (bicyclic) bond motifs is 1. The molecule has 4 nitrogen and oxygen atoms in total. The minimum absolute atomic E-state index is 0.483. The van der Waals surface area contributed by atoms with Crippen molar-refractivity contribution in [1.82, 2.24) is 5.32 Å². The monoisotopic (exact) mass is 336 g/mol. The Morgan fingerprint density at radius 2 is 2.15 bits per heavy atom. The van der Waals surface area contributed by atoms with Crippen molar-refractivity contribution in [2.24, 2.45) is 4.99 Å². The lowest BCUT2D eigenvalue weighted by molar-refractivity contribution is 0.0562. The lowest BCUT2D eigenvalue weighted by atomic mass is 10.2. The number of amidine groups is 1. The number of amides is 1. The van der Waals surface area contributed by atoms with Gasteiger partial charge in [0.05, 0.1) is 5.69 Å². The molecule has 1 amide bonds. The smallest absolute Gasteiger partial charge is 0.413 e. The van der Waals surface area contributed by atoms with E-state index in [1.807, 2.05) is 51.1 Å². The molecule has 1 aromatic rings. The van der Waals surface area contributed by atoms with Gasteiger partial charge in [0.15, 0.2) is 0 Å². The topological polar surface area (TPSA) is 50.7 Å². The number of nitrogens with zero attached hydrogens (tertiary/aromatic N) is 1. The van der Waals surface area contributed by atoms with Gasteiger partial charge in [0.1, 0.15) is 11.4 Å². The van der Waals surface area contributed by atoms with Gasteiger partial charge >= 0.3 is 6.09 Å². The van der Waals surface area contributed by atoms with Crippen LogP contribution in [-0.2, 0) is 4.74 Å². The summed E-state index contributed by atoms with van der Waals surface area (Å²) in [5.41, 5.74) is 1.32. The summed E-state index contributed by atoms with van der Waals surface area (Å²) < 4.78 is 6.18. The first-order chi connectivity index (χ1) is 9.33. The van der Waals surface area contributed by atoms with Gasteiger partial charge in [-0.05, 0) is 38.5 Å². The van der Waals surface area contributed by atoms with E-state index in [9.17, 15) is 4.79 Å². The van der Waals surface area contributed by atoms with Crippen LogP contribution in [0.5, 0.6) is 0 Å². The van der Waals surface area contributed by atoms with Crippen LogP contribution >= 0.6 is 15.9 Å². The molecular formula is C15H17BrN2O2. The second-order valence-electron chi connectivity index (χ2n) is 5.50. The van der Waals surface area contributed by atoms with E-state index in [0.29, 0.717) is 12.3 Å². The third-order valence-corrected chi connectivity index (χ3v) is 2.99. The quantitative estimate of drug-likeness (QED) is 0.762. The zero-order valence-electron chi connectivity index (χ0n) is 11.7. The van der Waals surface area contributed by atoms with E-state index in [1.165, 1.54) is 0 Å². The van der Waals surface area contributed by atoms with E-state index in [2.05, 4.69) is 26.2 Å². The summed E-state index contributed by atoms with van der Waals surface area (Å²) in [5.74, 6) is 0.576. The summed E-state index contributed by atoms with van der Waals surface area (Å²) in [6.45, 7) is 5.48. The van der Waals surface area contributed by atoms with E-state index in [1.54, 1.807) is 0 Å². The molecule has 0 bridgehead atoms. The van der Waals surface area contributed by atoms with Gasteiger partial charge in [0.2, 0.25) is 0 Å². The first-order valence-electron chi connectivity index (χ1n) is 6.37. The van der Waals surface area contributed by atoms with Gasteiger partial charge in [-0.25, -0.2) is 9.79 Å². The Balaban J connectivity index is 2.17. The SMILES string of the molecule is CC(C)(C)OC(=O)NC1=Nc2cc(Br)ccc2C=CC1. The summed E-state index contributed by atoms with van der Waals surface area (Å²) >= 11 is 3.42. The van der Waals surface area contributed by atoms with Gasteiger partial charge in [-0.15, -0.1) is 0 Å². The van der Waals surface area contributed by atoms with E-state index >= 15 is 0 Å². The number of hydrogen-bond donors (Lipinski definition) is 1. The Kier molecular flexibility index (Phi) is 4.28. The summed E-state index contributed by atoms with van der Waals surface area (Å²) in [4.78, 5) is 16.3. The van der Waals surface area contributed by atoms with Crippen molar-refractivity contribution in [3.63, 3.8) is 0 Å². The number of nitrogens with one attached hydrogen (secondary N) is 1. The largest absolute Gasteiger partial charge is 0.444 e. The van der Waals surface area contributed by atoms with Gasteiger partial charge in [-0.3, -0.25) is 5.32 Å². The summed E-state index contributed by atoms with van der Waals surface area (Å²) in [5, 5.41) is 2.70. The number of ether oxygens (including phenoxy) is 1. The van der Waals surface area contributed by atoms with Crippen LogP contribution in [0.3, 0.4) is 0 Å². The molecule has 1 aromatic carbocycles. The standard InChI is InChI=1S/C15H17BrN2O2/c1-15(2,3)20-14(19)18-13-6-4-5-10-7-8-11(16)9-12(10)17-13/h4-5,7-9H,6H2,1-3H3,(H,17,18,19). The molecule has 106 valence electrons. The molecule has 0 spiro atoms. The molecule has 5 heteroatoms. The fraction of sp³-hybridized carbons (Fsp3) is 0.333. The van der Waals surface area contributed by atoms with Crippen LogP contribution in [0.2, 0.25) is 0 Å². The molecule has 1 aliphatic rings. The van der Waals surface area contributed by atoms with Crippen molar-refractivity contribution >= 4 is 39.6 Å². The second kappa shape index (κ2) is 5.79. The van der Waals surface area contributed by atoms with Crippen LogP contribution in [0.4, 0.5) is 10.5 Å². The lowest BCUT2D eigenvalue weighted by Crippen LogP contribution is -2.36. The molecule has 2 rings (SSSR count). The lowest BCUT2D eigenvalue weighted by Gasteiger charge is -2.19. The van der Waals surface area contributed by atoms with Crippen LogP contribution in [-0.4, -0.2) is 17.5 Å². The molecule has 0 unspecified atom stereocenters. The van der Waals surface area contributed by atoms with Crippen molar-refractivity contribution in [3.05, 3.63) is 34.3 Å². The number of rotatable bonds is 0. The van der Waals surface area contributed by atoms with Crippen molar-refractivity contribution in [3.8, 4) is 0 Å². The predicted octanol–water partition coefficient (Wildman–Crippen LogP) is 4.42. The van der Waals surface area contributed by atoms with E-state index in [-0.39, 0.29) is 0 Å². The van der Waals surface area contributed by atoms with Crippen LogP contribution < -0.4 is 5.32 Å². The summed E-state index contributed by atoms with van der Waals surface area (Å²) in [6, 6.07) is 5.86. The molecule has 0 aromatic heterocycles. The molecule has 0 saturated heterocycles. The van der Waals surface area contributed by atoms with E-state index in [4.69, 9.17) is 4.74 Å². The minimum atomic E-state index is -0.522. The maximum absolute atomic E-state index is 11.8. The van der Waals surface area contributed by atoms with Gasteiger partial charge in [0, 0.05) is 10.9 Å². The molecule has 0 radical (unpaired) electrons. The number of hydrogen-bond acceptors (Lipinski definition) is 3. The van der Waals surface area contributed by atoms with Crippen molar-refractivity contribution in [2.45, 2.75) is 32.8 Å². The fourth-order valence-corrected chi connectivity index (χ4v) is 2.09. The number of carbonyl (C=O) groups excluding carboxylic acids is 1. The van der Waals surface area contributed by atoms with Crippen molar-refractivity contribution in [1.29, 1.82) is 0 Å². The molecule has 1 heterocycles. The fourth-order valence-electron chi connectivity index (χ4n) is 1.74. The first kappa shape index (κ1) is 14.8. The molecule has 0 fully saturated rings. The predicted molar refractivity (Wildman–Crippen MR) is 84.3 cm³/mol. The van der Waals surface area contributed by atoms with Gasteiger partial charge in [-0.1, -0.05) is 34.1 Å². The second-order valence-corrected chi connectivity index (χ2v) is 6.41. The van der Waals surface area contributed by atoms with Crippen molar-refractivity contribution < 1.29 is 9.53 Å². The maximum Gasteiger partial charge on any atom is 0.413 e.